The highest BCUT2D eigenvalue weighted by atomic mass is 16.5. The van der Waals surface area contributed by atoms with Crippen molar-refractivity contribution in [1.82, 2.24) is 0 Å². The highest BCUT2D eigenvalue weighted by Gasteiger charge is 2.12. The standard InChI is InChI=1S/C20H28O6/c1-2-3-4-19-15(11-21)10-17(26-19)7-5-14-6-8-18(24)20(9-14)25-13-16(23)12-22/h6,8-10,16,21-24H,2-5,7,11-13H2,1H3. The summed E-state index contributed by atoms with van der Waals surface area (Å²) in [5, 5.41) is 37.5. The summed E-state index contributed by atoms with van der Waals surface area (Å²) >= 11 is 0. The van der Waals surface area contributed by atoms with Crippen molar-refractivity contribution < 1.29 is 29.6 Å². The van der Waals surface area contributed by atoms with Crippen LogP contribution >= 0.6 is 0 Å². The van der Waals surface area contributed by atoms with Gasteiger partial charge in [-0.3, -0.25) is 0 Å². The van der Waals surface area contributed by atoms with Crippen LogP contribution in [0, 0.1) is 0 Å². The number of phenolic OH excluding ortho intramolecular Hbond substituents is 1. The molecule has 0 aliphatic heterocycles. The van der Waals surface area contributed by atoms with Crippen LogP contribution in [-0.4, -0.2) is 39.7 Å². The Morgan fingerprint density at radius 2 is 1.92 bits per heavy atom. The van der Waals surface area contributed by atoms with Crippen LogP contribution in [0.3, 0.4) is 0 Å². The van der Waals surface area contributed by atoms with Crippen LogP contribution in [-0.2, 0) is 25.9 Å². The topological polar surface area (TPSA) is 103 Å². The van der Waals surface area contributed by atoms with Gasteiger partial charge in [-0.05, 0) is 36.6 Å². The number of rotatable bonds is 11. The number of furan rings is 1. The molecule has 0 aliphatic carbocycles. The quantitative estimate of drug-likeness (QED) is 0.488. The molecule has 2 rings (SSSR count). The Hall–Kier alpha value is -2.02. The SMILES string of the molecule is CCCCc1oc(CCc2ccc(O)c(OCC(O)CO)c2)cc1CO. The highest BCUT2D eigenvalue weighted by molar-refractivity contribution is 5.42. The van der Waals surface area contributed by atoms with Crippen molar-refractivity contribution in [3.05, 3.63) is 46.9 Å². The average Bonchev–Trinajstić information content (AvgIpc) is 3.06. The zero-order chi connectivity index (χ0) is 18.9. The molecule has 0 bridgehead atoms. The van der Waals surface area contributed by atoms with Gasteiger partial charge in [-0.2, -0.15) is 0 Å². The van der Waals surface area contributed by atoms with E-state index in [-0.39, 0.29) is 24.7 Å². The molecule has 1 aromatic carbocycles. The van der Waals surface area contributed by atoms with E-state index >= 15 is 0 Å². The predicted molar refractivity (Wildman–Crippen MR) is 97.3 cm³/mol. The van der Waals surface area contributed by atoms with Gasteiger partial charge < -0.3 is 29.6 Å². The van der Waals surface area contributed by atoms with Crippen LogP contribution in [0.4, 0.5) is 0 Å². The maximum absolute atomic E-state index is 9.84. The van der Waals surface area contributed by atoms with E-state index in [1.165, 1.54) is 0 Å². The second-order valence-corrected chi connectivity index (χ2v) is 6.37. The maximum Gasteiger partial charge on any atom is 0.161 e. The van der Waals surface area contributed by atoms with E-state index in [0.717, 1.165) is 41.9 Å². The van der Waals surface area contributed by atoms with E-state index in [1.54, 1.807) is 18.2 Å². The first-order valence-corrected chi connectivity index (χ1v) is 9.02. The number of aliphatic hydroxyl groups is 3. The molecule has 0 aliphatic rings. The van der Waals surface area contributed by atoms with E-state index in [1.807, 2.05) is 6.07 Å². The van der Waals surface area contributed by atoms with Gasteiger partial charge in [0.05, 0.1) is 13.2 Å². The van der Waals surface area contributed by atoms with Gasteiger partial charge in [-0.1, -0.05) is 19.4 Å². The Labute approximate surface area is 153 Å². The lowest BCUT2D eigenvalue weighted by atomic mass is 10.1. The molecule has 0 saturated carbocycles. The molecule has 6 nitrogen and oxygen atoms in total. The predicted octanol–water partition coefficient (Wildman–Crippen LogP) is 2.34. The minimum absolute atomic E-state index is 0.0127. The number of phenols is 1. The number of unbranched alkanes of at least 4 members (excludes halogenated alkanes) is 1. The zero-order valence-electron chi connectivity index (χ0n) is 15.1. The molecule has 1 atom stereocenters. The van der Waals surface area contributed by atoms with Gasteiger partial charge in [0.25, 0.3) is 0 Å². The molecule has 0 fully saturated rings. The van der Waals surface area contributed by atoms with Gasteiger partial charge in [0, 0.05) is 18.4 Å². The summed E-state index contributed by atoms with van der Waals surface area (Å²) in [5.41, 5.74) is 1.80. The smallest absolute Gasteiger partial charge is 0.161 e. The molecular formula is C20H28O6. The minimum atomic E-state index is -0.986. The van der Waals surface area contributed by atoms with Crippen LogP contribution in [0.15, 0.2) is 28.7 Å². The van der Waals surface area contributed by atoms with Gasteiger partial charge in [0.15, 0.2) is 11.5 Å². The molecule has 4 N–H and O–H groups in total. The van der Waals surface area contributed by atoms with Crippen molar-refractivity contribution in [3.63, 3.8) is 0 Å². The van der Waals surface area contributed by atoms with Gasteiger partial charge >= 0.3 is 0 Å². The molecule has 144 valence electrons. The summed E-state index contributed by atoms with van der Waals surface area (Å²) < 4.78 is 11.2. The van der Waals surface area contributed by atoms with Gasteiger partial charge in [0.1, 0.15) is 24.2 Å². The number of aromatic hydroxyl groups is 1. The highest BCUT2D eigenvalue weighted by Crippen LogP contribution is 2.28. The summed E-state index contributed by atoms with van der Waals surface area (Å²) in [6.07, 6.45) is 3.30. The van der Waals surface area contributed by atoms with E-state index in [4.69, 9.17) is 14.3 Å². The van der Waals surface area contributed by atoms with E-state index in [0.29, 0.717) is 12.8 Å². The Balaban J connectivity index is 1.99. The average molecular weight is 364 g/mol. The van der Waals surface area contributed by atoms with Crippen molar-refractivity contribution in [3.8, 4) is 11.5 Å². The Morgan fingerprint density at radius 3 is 2.62 bits per heavy atom. The number of aliphatic hydroxyl groups excluding tert-OH is 3. The second kappa shape index (κ2) is 10.2. The molecule has 1 heterocycles. The summed E-state index contributed by atoms with van der Waals surface area (Å²) in [6, 6.07) is 6.97. The van der Waals surface area contributed by atoms with Crippen LogP contribution in [0.5, 0.6) is 11.5 Å². The maximum atomic E-state index is 9.84. The largest absolute Gasteiger partial charge is 0.504 e. The molecule has 1 aromatic heterocycles. The molecule has 0 amide bonds. The summed E-state index contributed by atoms with van der Waals surface area (Å²) in [6.45, 7) is 1.61. The zero-order valence-corrected chi connectivity index (χ0v) is 15.1. The third-order valence-electron chi connectivity index (χ3n) is 4.20. The normalized spacial score (nSPS) is 12.3. The number of aryl methyl sites for hydroxylation is 3. The van der Waals surface area contributed by atoms with Crippen molar-refractivity contribution in [1.29, 1.82) is 0 Å². The van der Waals surface area contributed by atoms with Crippen LogP contribution in [0.2, 0.25) is 0 Å². The number of ether oxygens (including phenoxy) is 1. The van der Waals surface area contributed by atoms with Crippen molar-refractivity contribution >= 4 is 0 Å². The van der Waals surface area contributed by atoms with E-state index in [2.05, 4.69) is 6.92 Å². The number of benzene rings is 1. The fourth-order valence-corrected chi connectivity index (χ4v) is 2.67. The summed E-state index contributed by atoms with van der Waals surface area (Å²) in [7, 11) is 0. The van der Waals surface area contributed by atoms with Gasteiger partial charge in [-0.15, -0.1) is 0 Å². The molecular weight excluding hydrogens is 336 g/mol. The third kappa shape index (κ3) is 5.76. The minimum Gasteiger partial charge on any atom is -0.504 e. The molecule has 2 aromatic rings. The van der Waals surface area contributed by atoms with Gasteiger partial charge in [-0.25, -0.2) is 0 Å². The van der Waals surface area contributed by atoms with Gasteiger partial charge in [0.2, 0.25) is 0 Å². The lowest BCUT2D eigenvalue weighted by Gasteiger charge is -2.12. The first kappa shape index (κ1) is 20.3. The number of hydrogen-bond acceptors (Lipinski definition) is 6. The molecule has 0 spiro atoms. The molecule has 0 saturated heterocycles. The lowest BCUT2D eigenvalue weighted by molar-refractivity contribution is 0.0527. The van der Waals surface area contributed by atoms with E-state index < -0.39 is 12.7 Å². The molecule has 1 unspecified atom stereocenters. The van der Waals surface area contributed by atoms with Crippen molar-refractivity contribution in [2.45, 2.75) is 51.7 Å². The van der Waals surface area contributed by atoms with Crippen LogP contribution in [0.1, 0.15) is 42.4 Å². The van der Waals surface area contributed by atoms with Crippen molar-refractivity contribution in [2.75, 3.05) is 13.2 Å². The van der Waals surface area contributed by atoms with Crippen molar-refractivity contribution in [2.24, 2.45) is 0 Å². The fourth-order valence-electron chi connectivity index (χ4n) is 2.67. The lowest BCUT2D eigenvalue weighted by Crippen LogP contribution is -2.21. The fraction of sp³-hybridized carbons (Fsp3) is 0.500. The molecule has 26 heavy (non-hydrogen) atoms. The first-order chi connectivity index (χ1) is 12.6. The monoisotopic (exact) mass is 364 g/mol. The second-order valence-electron chi connectivity index (χ2n) is 6.37. The molecule has 0 radical (unpaired) electrons. The Kier molecular flexibility index (Phi) is 7.97. The summed E-state index contributed by atoms with van der Waals surface area (Å²) in [5.74, 6) is 1.94. The third-order valence-corrected chi connectivity index (χ3v) is 4.20. The number of hydrogen-bond donors (Lipinski definition) is 4. The summed E-state index contributed by atoms with van der Waals surface area (Å²) in [4.78, 5) is 0. The Morgan fingerprint density at radius 1 is 1.12 bits per heavy atom. The Bertz CT molecular complexity index is 679. The first-order valence-electron chi connectivity index (χ1n) is 9.02. The van der Waals surface area contributed by atoms with Crippen LogP contribution in [0.25, 0.3) is 0 Å². The molecule has 6 heteroatoms. The van der Waals surface area contributed by atoms with E-state index in [9.17, 15) is 15.3 Å². The van der Waals surface area contributed by atoms with Crippen LogP contribution < -0.4 is 4.74 Å².